The molecule has 0 amide bonds. The summed E-state index contributed by atoms with van der Waals surface area (Å²) in [5.41, 5.74) is 16.3. The largest absolute Gasteiger partial charge is 0.416 e. The normalized spacial score (nSPS) is 11.7. The van der Waals surface area contributed by atoms with Crippen molar-refractivity contribution in [3.8, 4) is 84.1 Å². The Morgan fingerprint density at radius 2 is 0.779 bits per heavy atom. The topological polar surface area (TPSA) is 30.7 Å². The monoisotopic (exact) mass is 887 g/mol. The Morgan fingerprint density at radius 3 is 1.29 bits per heavy atom. The number of halogens is 3. The average Bonchev–Trinajstić information content (AvgIpc) is 3.68. The molecule has 3 nitrogen and oxygen atoms in total. The fourth-order valence-corrected chi connectivity index (χ4v) is 9.48. The van der Waals surface area contributed by atoms with Gasteiger partial charge in [-0.05, 0) is 109 Å². The second kappa shape index (κ2) is 17.1. The first-order valence-corrected chi connectivity index (χ1v) is 22.7. The van der Waals surface area contributed by atoms with Crippen LogP contribution in [0.5, 0.6) is 0 Å². The minimum atomic E-state index is -4.57. The van der Waals surface area contributed by atoms with Gasteiger partial charge in [-0.1, -0.05) is 174 Å². The predicted molar refractivity (Wildman–Crippen MR) is 274 cm³/mol. The zero-order valence-electron chi connectivity index (χ0n) is 37.7. The fourth-order valence-electron chi connectivity index (χ4n) is 9.48. The van der Waals surface area contributed by atoms with Crippen LogP contribution in [0.15, 0.2) is 212 Å². The van der Waals surface area contributed by atoms with Gasteiger partial charge in [-0.2, -0.15) is 13.2 Å². The SMILES string of the molecule is Cc1cccc(-c2ccc3c(c2)c2cc(-c4cccc(C)c4)ccc2n3-c2c(-c3cccc(C)c3)cc(-c3cc(-c4ccccc4)nc(-c4ccccc4)n3)cc2-c2cccc(C(F)(F)F)c2)c1. The molecule has 328 valence electrons. The van der Waals surface area contributed by atoms with Crippen LogP contribution in [0.25, 0.3) is 106 Å². The van der Waals surface area contributed by atoms with E-state index in [0.717, 1.165) is 106 Å². The molecule has 0 unspecified atom stereocenters. The van der Waals surface area contributed by atoms with Gasteiger partial charge in [-0.15, -0.1) is 0 Å². The first-order valence-electron chi connectivity index (χ1n) is 22.7. The Morgan fingerprint density at radius 1 is 0.353 bits per heavy atom. The summed E-state index contributed by atoms with van der Waals surface area (Å²) in [5, 5.41) is 2.05. The van der Waals surface area contributed by atoms with E-state index < -0.39 is 11.7 Å². The first-order chi connectivity index (χ1) is 33.0. The number of hydrogen-bond acceptors (Lipinski definition) is 2. The molecule has 0 atom stereocenters. The van der Waals surface area contributed by atoms with Crippen molar-refractivity contribution in [3.05, 3.63) is 235 Å². The molecule has 2 heterocycles. The Bertz CT molecular complexity index is 3540. The van der Waals surface area contributed by atoms with Crippen molar-refractivity contribution >= 4 is 21.8 Å². The van der Waals surface area contributed by atoms with Crippen molar-refractivity contribution in [1.82, 2.24) is 14.5 Å². The zero-order chi connectivity index (χ0) is 46.5. The van der Waals surface area contributed by atoms with Crippen LogP contribution < -0.4 is 0 Å². The molecule has 0 aliphatic carbocycles. The summed E-state index contributed by atoms with van der Waals surface area (Å²) < 4.78 is 46.7. The molecule has 2 aromatic heterocycles. The van der Waals surface area contributed by atoms with Gasteiger partial charge in [0.25, 0.3) is 0 Å². The van der Waals surface area contributed by atoms with Crippen LogP contribution in [0.3, 0.4) is 0 Å². The highest BCUT2D eigenvalue weighted by Crippen LogP contribution is 2.46. The molecule has 68 heavy (non-hydrogen) atoms. The fraction of sp³-hybridized carbons (Fsp3) is 0.0645. The first kappa shape index (κ1) is 42.3. The number of alkyl halides is 3. The number of benzene rings is 9. The third-order valence-electron chi connectivity index (χ3n) is 12.8. The number of aromatic nitrogens is 3. The minimum absolute atomic E-state index is 0.425. The molecule has 0 bridgehead atoms. The van der Waals surface area contributed by atoms with Crippen molar-refractivity contribution < 1.29 is 13.2 Å². The highest BCUT2D eigenvalue weighted by molar-refractivity contribution is 6.13. The minimum Gasteiger partial charge on any atom is -0.308 e. The lowest BCUT2D eigenvalue weighted by molar-refractivity contribution is -0.137. The quantitative estimate of drug-likeness (QED) is 0.152. The molecule has 11 aromatic rings. The molecular formula is C62H44F3N3. The van der Waals surface area contributed by atoms with Gasteiger partial charge in [0.1, 0.15) is 0 Å². The zero-order valence-corrected chi connectivity index (χ0v) is 37.7. The molecule has 0 fully saturated rings. The van der Waals surface area contributed by atoms with Crippen molar-refractivity contribution in [2.24, 2.45) is 0 Å². The average molecular weight is 888 g/mol. The molecule has 0 saturated carbocycles. The lowest BCUT2D eigenvalue weighted by Crippen LogP contribution is -2.06. The van der Waals surface area contributed by atoms with Gasteiger partial charge in [0, 0.05) is 38.6 Å². The maximum absolute atomic E-state index is 14.8. The molecule has 0 spiro atoms. The second-order valence-corrected chi connectivity index (χ2v) is 17.6. The summed E-state index contributed by atoms with van der Waals surface area (Å²) in [4.78, 5) is 10.3. The maximum Gasteiger partial charge on any atom is 0.416 e. The molecule has 11 rings (SSSR count). The van der Waals surface area contributed by atoms with Crippen LogP contribution in [0.2, 0.25) is 0 Å². The van der Waals surface area contributed by atoms with E-state index in [0.29, 0.717) is 22.6 Å². The number of nitrogens with zero attached hydrogens (tertiary/aromatic N) is 3. The standard InChI is InChI=1S/C62H44F3N3/c1-39-14-10-21-44(30-39)46-26-28-58-54(34-46)55-35-47(45-22-11-15-40(2)31-45)27-29-59(55)68(58)60-52(48-23-12-16-41(3)32-48)36-50(37-53(60)49-24-13-25-51(33-49)62(63,64)65)57-38-56(42-17-6-4-7-18-42)66-61(67-57)43-19-8-5-9-20-43/h4-38H,1-3H3. The highest BCUT2D eigenvalue weighted by atomic mass is 19.4. The Balaban J connectivity index is 1.27. The van der Waals surface area contributed by atoms with Gasteiger partial charge in [0.2, 0.25) is 0 Å². The number of fused-ring (bicyclic) bond motifs is 3. The van der Waals surface area contributed by atoms with Gasteiger partial charge in [-0.25, -0.2) is 9.97 Å². The predicted octanol–water partition coefficient (Wildman–Crippen LogP) is 17.2. The molecule has 9 aromatic carbocycles. The van der Waals surface area contributed by atoms with Gasteiger partial charge in [-0.3, -0.25) is 0 Å². The lowest BCUT2D eigenvalue weighted by Gasteiger charge is -2.22. The summed E-state index contributed by atoms with van der Waals surface area (Å²) in [6.07, 6.45) is -4.57. The molecule has 0 aliphatic rings. The second-order valence-electron chi connectivity index (χ2n) is 17.6. The van der Waals surface area contributed by atoms with E-state index in [9.17, 15) is 13.2 Å². The van der Waals surface area contributed by atoms with E-state index in [2.05, 4.69) is 135 Å². The number of rotatable bonds is 8. The van der Waals surface area contributed by atoms with Gasteiger partial charge >= 0.3 is 6.18 Å². The Hall–Kier alpha value is -8.35. The summed E-state index contributed by atoms with van der Waals surface area (Å²) >= 11 is 0. The Kier molecular flexibility index (Phi) is 10.7. The third kappa shape index (κ3) is 8.04. The molecule has 0 aliphatic heterocycles. The highest BCUT2D eigenvalue weighted by Gasteiger charge is 2.31. The van der Waals surface area contributed by atoms with Crippen LogP contribution in [0.4, 0.5) is 13.2 Å². The van der Waals surface area contributed by atoms with E-state index in [1.54, 1.807) is 6.07 Å². The van der Waals surface area contributed by atoms with E-state index in [4.69, 9.17) is 9.97 Å². The van der Waals surface area contributed by atoms with Crippen LogP contribution in [-0.4, -0.2) is 14.5 Å². The number of hydrogen-bond donors (Lipinski definition) is 0. The summed E-state index contributed by atoms with van der Waals surface area (Å²) in [7, 11) is 0. The maximum atomic E-state index is 14.8. The van der Waals surface area contributed by atoms with Crippen LogP contribution in [0, 0.1) is 20.8 Å². The van der Waals surface area contributed by atoms with Gasteiger partial charge < -0.3 is 4.57 Å². The summed E-state index contributed by atoms with van der Waals surface area (Å²) in [6.45, 7) is 6.25. The molecule has 0 radical (unpaired) electrons. The van der Waals surface area contributed by atoms with Gasteiger partial charge in [0.05, 0.1) is 33.7 Å². The van der Waals surface area contributed by atoms with Crippen molar-refractivity contribution in [3.63, 3.8) is 0 Å². The van der Waals surface area contributed by atoms with Crippen molar-refractivity contribution in [2.45, 2.75) is 26.9 Å². The molecule has 0 saturated heterocycles. The Labute approximate surface area is 393 Å². The van der Waals surface area contributed by atoms with Crippen LogP contribution in [0.1, 0.15) is 22.3 Å². The van der Waals surface area contributed by atoms with E-state index >= 15 is 0 Å². The summed E-state index contributed by atoms with van der Waals surface area (Å²) in [6, 6.07) is 70.1. The summed E-state index contributed by atoms with van der Waals surface area (Å²) in [5.74, 6) is 0.542. The van der Waals surface area contributed by atoms with E-state index in [-0.39, 0.29) is 0 Å². The molecular weight excluding hydrogens is 844 g/mol. The third-order valence-corrected chi connectivity index (χ3v) is 12.8. The lowest BCUT2D eigenvalue weighted by atomic mass is 9.90. The van der Waals surface area contributed by atoms with Crippen LogP contribution >= 0.6 is 0 Å². The smallest absolute Gasteiger partial charge is 0.308 e. The van der Waals surface area contributed by atoms with Gasteiger partial charge in [0.15, 0.2) is 5.82 Å². The van der Waals surface area contributed by atoms with Crippen molar-refractivity contribution in [1.29, 1.82) is 0 Å². The molecule has 6 heteroatoms. The van der Waals surface area contributed by atoms with E-state index in [1.807, 2.05) is 78.9 Å². The van der Waals surface area contributed by atoms with Crippen molar-refractivity contribution in [2.75, 3.05) is 0 Å². The number of aryl methyl sites for hydroxylation is 3. The molecule has 0 N–H and O–H groups in total. The van der Waals surface area contributed by atoms with Crippen LogP contribution in [-0.2, 0) is 6.18 Å². The van der Waals surface area contributed by atoms with E-state index in [1.165, 1.54) is 12.1 Å².